The second kappa shape index (κ2) is 9.38. The number of sulfonamides is 1. The van der Waals surface area contributed by atoms with Crippen LogP contribution in [0.15, 0.2) is 70.1 Å². The second-order valence-corrected chi connectivity index (χ2v) is 9.11. The van der Waals surface area contributed by atoms with Gasteiger partial charge in [-0.05, 0) is 35.9 Å². The molecule has 0 unspecified atom stereocenters. The minimum absolute atomic E-state index is 0.0564. The van der Waals surface area contributed by atoms with E-state index in [1.807, 2.05) is 6.07 Å². The Bertz CT molecular complexity index is 1600. The molecule has 0 bridgehead atoms. The van der Waals surface area contributed by atoms with Gasteiger partial charge in [-0.3, -0.25) is 4.79 Å². The minimum Gasteiger partial charge on any atom is -0.478 e. The first-order valence-corrected chi connectivity index (χ1v) is 11.8. The van der Waals surface area contributed by atoms with Crippen molar-refractivity contribution in [3.63, 3.8) is 0 Å². The number of anilines is 1. The molecule has 0 radical (unpaired) electrons. The summed E-state index contributed by atoms with van der Waals surface area (Å²) in [5, 5.41) is 24.8. The highest BCUT2D eigenvalue weighted by Crippen LogP contribution is 2.33. The van der Waals surface area contributed by atoms with Gasteiger partial charge in [-0.1, -0.05) is 42.4 Å². The number of aromatic carboxylic acids is 1. The van der Waals surface area contributed by atoms with Gasteiger partial charge in [0.05, 0.1) is 33.2 Å². The van der Waals surface area contributed by atoms with Crippen molar-refractivity contribution in [2.45, 2.75) is 11.8 Å². The van der Waals surface area contributed by atoms with Crippen LogP contribution < -0.4 is 10.0 Å². The molecule has 1 aromatic heterocycles. The third kappa shape index (κ3) is 4.61. The largest absolute Gasteiger partial charge is 0.478 e. The molecule has 0 saturated carbocycles. The number of carbonyl (C=O) groups is 2. The summed E-state index contributed by atoms with van der Waals surface area (Å²) in [6, 6.07) is 17.2. The van der Waals surface area contributed by atoms with Gasteiger partial charge in [0.1, 0.15) is 0 Å². The molecule has 10 nitrogen and oxygen atoms in total. The maximum absolute atomic E-state index is 13.0. The molecule has 0 aliphatic carbocycles. The number of nitrogens with one attached hydrogen (secondary N) is 2. The zero-order valence-corrected chi connectivity index (χ0v) is 19.1. The second-order valence-electron chi connectivity index (χ2n) is 7.37. The summed E-state index contributed by atoms with van der Waals surface area (Å²) >= 11 is 0. The number of nitriles is 1. The standard InChI is InChI=1S/C24H18N4O6S/c1-2-26-35(32,33)21-12-18-20(11-16(21)15-6-4-3-5-7-15)34-28-22(18)23(29)27-19-9-8-14(13-25)10-17(19)24(30)31/h3-12,26H,2H2,1H3,(H,27,29)(H,30,31). The SMILES string of the molecule is CCNS(=O)(=O)c1cc2c(C(=O)Nc3ccc(C#N)cc3C(=O)O)noc2cc1-c1ccccc1. The van der Waals surface area contributed by atoms with Gasteiger partial charge in [0, 0.05) is 12.1 Å². The molecule has 0 fully saturated rings. The van der Waals surface area contributed by atoms with E-state index in [-0.39, 0.29) is 44.9 Å². The van der Waals surface area contributed by atoms with Crippen LogP contribution in [0.25, 0.3) is 22.1 Å². The Kier molecular flexibility index (Phi) is 6.33. The molecule has 4 rings (SSSR count). The molecular formula is C24H18N4O6S. The summed E-state index contributed by atoms with van der Waals surface area (Å²) in [6.07, 6.45) is 0. The van der Waals surface area contributed by atoms with Crippen molar-refractivity contribution in [2.75, 3.05) is 11.9 Å². The number of nitrogens with zero attached hydrogens (tertiary/aromatic N) is 2. The van der Waals surface area contributed by atoms with Crippen molar-refractivity contribution in [2.24, 2.45) is 0 Å². The summed E-state index contributed by atoms with van der Waals surface area (Å²) in [7, 11) is -3.94. The van der Waals surface area contributed by atoms with Gasteiger partial charge < -0.3 is 14.9 Å². The van der Waals surface area contributed by atoms with Crippen LogP contribution in [0.5, 0.6) is 0 Å². The highest BCUT2D eigenvalue weighted by atomic mass is 32.2. The Hall–Kier alpha value is -4.53. The summed E-state index contributed by atoms with van der Waals surface area (Å²) in [5.74, 6) is -2.15. The number of benzene rings is 3. The molecule has 0 saturated heterocycles. The molecule has 0 aliphatic heterocycles. The molecule has 176 valence electrons. The summed E-state index contributed by atoms with van der Waals surface area (Å²) < 4.78 is 33.8. The summed E-state index contributed by atoms with van der Waals surface area (Å²) in [4.78, 5) is 24.5. The zero-order chi connectivity index (χ0) is 25.2. The van der Waals surface area contributed by atoms with Crippen LogP contribution in [-0.2, 0) is 10.0 Å². The average Bonchev–Trinajstić information content (AvgIpc) is 3.27. The number of carbonyl (C=O) groups excluding carboxylic acids is 1. The first-order chi connectivity index (χ1) is 16.7. The third-order valence-corrected chi connectivity index (χ3v) is 6.71. The number of fused-ring (bicyclic) bond motifs is 1. The highest BCUT2D eigenvalue weighted by Gasteiger charge is 2.25. The summed E-state index contributed by atoms with van der Waals surface area (Å²) in [6.45, 7) is 1.80. The van der Waals surface area contributed by atoms with E-state index in [2.05, 4.69) is 15.2 Å². The van der Waals surface area contributed by atoms with Gasteiger partial charge in [0.15, 0.2) is 11.3 Å². The van der Waals surface area contributed by atoms with Crippen LogP contribution >= 0.6 is 0 Å². The van der Waals surface area contributed by atoms with Gasteiger partial charge in [-0.25, -0.2) is 17.9 Å². The van der Waals surface area contributed by atoms with Crippen LogP contribution in [0, 0.1) is 11.3 Å². The van der Waals surface area contributed by atoms with Gasteiger partial charge in [0.2, 0.25) is 10.0 Å². The van der Waals surface area contributed by atoms with E-state index >= 15 is 0 Å². The van der Waals surface area contributed by atoms with Crippen molar-refractivity contribution in [1.29, 1.82) is 5.26 Å². The molecule has 3 N–H and O–H groups in total. The van der Waals surface area contributed by atoms with E-state index in [0.29, 0.717) is 11.1 Å². The number of carboxylic acids is 1. The number of hydrogen-bond donors (Lipinski definition) is 3. The molecule has 0 atom stereocenters. The van der Waals surface area contributed by atoms with Crippen LogP contribution in [0.3, 0.4) is 0 Å². The molecule has 4 aromatic rings. The maximum atomic E-state index is 13.0. The molecule has 0 spiro atoms. The topological polar surface area (TPSA) is 162 Å². The third-order valence-electron chi connectivity index (χ3n) is 5.12. The van der Waals surface area contributed by atoms with Crippen molar-refractivity contribution in [1.82, 2.24) is 9.88 Å². The van der Waals surface area contributed by atoms with Crippen molar-refractivity contribution < 1.29 is 27.6 Å². The smallest absolute Gasteiger partial charge is 0.337 e. The molecule has 0 aliphatic rings. The van der Waals surface area contributed by atoms with Crippen molar-refractivity contribution >= 4 is 38.6 Å². The van der Waals surface area contributed by atoms with Crippen LogP contribution in [0.2, 0.25) is 0 Å². The first kappa shape index (κ1) is 23.6. The van der Waals surface area contributed by atoms with E-state index < -0.39 is 21.9 Å². The van der Waals surface area contributed by atoms with E-state index in [9.17, 15) is 23.1 Å². The van der Waals surface area contributed by atoms with E-state index in [4.69, 9.17) is 9.78 Å². The Balaban J connectivity index is 1.83. The Morgan fingerprint density at radius 1 is 1.11 bits per heavy atom. The predicted octanol–water partition coefficient (Wildman–Crippen LogP) is 3.62. The molecule has 35 heavy (non-hydrogen) atoms. The quantitative estimate of drug-likeness (QED) is 0.354. The van der Waals surface area contributed by atoms with Crippen molar-refractivity contribution in [3.8, 4) is 17.2 Å². The lowest BCUT2D eigenvalue weighted by Crippen LogP contribution is -2.23. The fourth-order valence-electron chi connectivity index (χ4n) is 3.54. The van der Waals surface area contributed by atoms with Gasteiger partial charge in [0.25, 0.3) is 5.91 Å². The molecule has 1 amide bonds. The maximum Gasteiger partial charge on any atom is 0.337 e. The van der Waals surface area contributed by atoms with Crippen LogP contribution in [0.4, 0.5) is 5.69 Å². The lowest BCUT2D eigenvalue weighted by molar-refractivity contribution is 0.0698. The summed E-state index contributed by atoms with van der Waals surface area (Å²) in [5.41, 5.74) is 0.695. The molecule has 1 heterocycles. The average molecular weight is 490 g/mol. The highest BCUT2D eigenvalue weighted by molar-refractivity contribution is 7.89. The van der Waals surface area contributed by atoms with Crippen LogP contribution in [0.1, 0.15) is 33.3 Å². The lowest BCUT2D eigenvalue weighted by Gasteiger charge is -2.11. The molecule has 11 heteroatoms. The normalized spacial score (nSPS) is 11.2. The number of carboxylic acid groups (broad SMARTS) is 1. The minimum atomic E-state index is -3.94. The number of amides is 1. The van der Waals surface area contributed by atoms with Crippen molar-refractivity contribution in [3.05, 3.63) is 77.5 Å². The lowest BCUT2D eigenvalue weighted by atomic mass is 10.0. The fourth-order valence-corrected chi connectivity index (χ4v) is 4.82. The van der Waals surface area contributed by atoms with Gasteiger partial charge in [-0.15, -0.1) is 0 Å². The van der Waals surface area contributed by atoms with E-state index in [1.54, 1.807) is 37.3 Å². The number of aromatic nitrogens is 1. The molecular weight excluding hydrogens is 472 g/mol. The number of rotatable bonds is 7. The van der Waals surface area contributed by atoms with Gasteiger partial charge >= 0.3 is 5.97 Å². The first-order valence-electron chi connectivity index (χ1n) is 10.3. The monoisotopic (exact) mass is 490 g/mol. The van der Waals surface area contributed by atoms with E-state index in [1.165, 1.54) is 24.3 Å². The Labute approximate surface area is 199 Å². The fraction of sp³-hybridized carbons (Fsp3) is 0.0833. The Morgan fingerprint density at radius 3 is 2.51 bits per heavy atom. The van der Waals surface area contributed by atoms with E-state index in [0.717, 1.165) is 6.07 Å². The van der Waals surface area contributed by atoms with Gasteiger partial charge in [-0.2, -0.15) is 5.26 Å². The Morgan fingerprint density at radius 2 is 1.86 bits per heavy atom. The molecule has 3 aromatic carbocycles. The van der Waals surface area contributed by atoms with Crippen LogP contribution in [-0.4, -0.2) is 37.1 Å². The predicted molar refractivity (Wildman–Crippen MR) is 126 cm³/mol. The zero-order valence-electron chi connectivity index (χ0n) is 18.3. The number of hydrogen-bond acceptors (Lipinski definition) is 7.